The molecule has 0 aliphatic heterocycles. The molecule has 0 bridgehead atoms. The fourth-order valence-corrected chi connectivity index (χ4v) is 2.44. The Balaban J connectivity index is 2.65. The molecule has 0 radical (unpaired) electrons. The number of hydrogen-bond acceptors (Lipinski definition) is 6. The van der Waals surface area contributed by atoms with Crippen LogP contribution in [0.3, 0.4) is 0 Å². The number of methoxy groups -OCH3 is 1. The molecule has 0 aliphatic carbocycles. The number of esters is 1. The summed E-state index contributed by atoms with van der Waals surface area (Å²) in [6.07, 6.45) is -0.0358. The third-order valence-corrected chi connectivity index (χ3v) is 4.12. The van der Waals surface area contributed by atoms with Gasteiger partial charge >= 0.3 is 12.1 Å². The van der Waals surface area contributed by atoms with Crippen LogP contribution in [0, 0.1) is 5.41 Å². The molecule has 0 spiro atoms. The third-order valence-electron chi connectivity index (χ3n) is 4.12. The van der Waals surface area contributed by atoms with Crippen LogP contribution in [0.1, 0.15) is 47.1 Å². The Labute approximate surface area is 178 Å². The second-order valence-electron chi connectivity index (χ2n) is 9.05. The molecule has 0 aliphatic rings. The lowest BCUT2D eigenvalue weighted by Crippen LogP contribution is -2.49. The number of hydrogen-bond donors (Lipinski definition) is 2. The second-order valence-corrected chi connectivity index (χ2v) is 9.05. The lowest BCUT2D eigenvalue weighted by atomic mass is 9.83. The van der Waals surface area contributed by atoms with Gasteiger partial charge in [-0.15, -0.1) is 0 Å². The fourth-order valence-electron chi connectivity index (χ4n) is 2.44. The van der Waals surface area contributed by atoms with Crippen molar-refractivity contribution in [2.24, 2.45) is 5.41 Å². The van der Waals surface area contributed by atoms with Gasteiger partial charge in [0, 0.05) is 6.04 Å². The van der Waals surface area contributed by atoms with E-state index in [1.54, 1.807) is 32.9 Å². The molecule has 168 valence electrons. The minimum absolute atomic E-state index is 0.152. The number of rotatable bonds is 8. The van der Waals surface area contributed by atoms with E-state index >= 15 is 0 Å². The molecule has 0 aromatic heterocycles. The van der Waals surface area contributed by atoms with Gasteiger partial charge in [-0.1, -0.05) is 32.9 Å². The highest BCUT2D eigenvalue weighted by atomic mass is 16.6. The molecule has 0 saturated carbocycles. The van der Waals surface area contributed by atoms with E-state index in [9.17, 15) is 14.4 Å². The topological polar surface area (TPSA) is 103 Å². The zero-order valence-corrected chi connectivity index (χ0v) is 19.0. The van der Waals surface area contributed by atoms with Crippen LogP contribution in [-0.4, -0.2) is 49.9 Å². The number of carbonyl (C=O) groups is 3. The number of alkyl carbamates (subject to hydrolysis) is 1. The second kappa shape index (κ2) is 10.8. The quantitative estimate of drug-likeness (QED) is 0.625. The van der Waals surface area contributed by atoms with Crippen molar-refractivity contribution in [3.8, 4) is 5.75 Å². The Kier molecular flexibility index (Phi) is 9.14. The number of benzene rings is 1. The van der Waals surface area contributed by atoms with Crippen LogP contribution in [-0.2, 0) is 25.5 Å². The van der Waals surface area contributed by atoms with Crippen molar-refractivity contribution in [2.45, 2.75) is 59.6 Å². The molecule has 1 aromatic rings. The third kappa shape index (κ3) is 10.1. The SMILES string of the molecule is COC(=O)COc1ccc(C[C@H](NC(=O)CNC(=O)OC(C)(C)C)C(C)(C)C)cc1. The summed E-state index contributed by atoms with van der Waals surface area (Å²) in [5.74, 6) is -0.185. The molecule has 0 saturated heterocycles. The minimum Gasteiger partial charge on any atom is -0.482 e. The van der Waals surface area contributed by atoms with E-state index in [2.05, 4.69) is 15.4 Å². The molecule has 0 unspecified atom stereocenters. The van der Waals surface area contributed by atoms with E-state index in [0.29, 0.717) is 12.2 Å². The van der Waals surface area contributed by atoms with Gasteiger partial charge in [0.1, 0.15) is 17.9 Å². The summed E-state index contributed by atoms with van der Waals surface area (Å²) in [5.41, 5.74) is 0.170. The van der Waals surface area contributed by atoms with E-state index in [1.165, 1.54) is 7.11 Å². The molecule has 30 heavy (non-hydrogen) atoms. The van der Waals surface area contributed by atoms with Crippen LogP contribution in [0.5, 0.6) is 5.75 Å². The Bertz CT molecular complexity index is 717. The summed E-state index contributed by atoms with van der Waals surface area (Å²) < 4.78 is 15.0. The van der Waals surface area contributed by atoms with Crippen LogP contribution in [0.4, 0.5) is 4.79 Å². The summed E-state index contributed by atoms with van der Waals surface area (Å²) in [7, 11) is 1.30. The first-order valence-electron chi connectivity index (χ1n) is 9.85. The van der Waals surface area contributed by atoms with Crippen molar-refractivity contribution in [3.63, 3.8) is 0 Å². The largest absolute Gasteiger partial charge is 0.482 e. The van der Waals surface area contributed by atoms with Crippen molar-refractivity contribution in [1.29, 1.82) is 0 Å². The van der Waals surface area contributed by atoms with Crippen molar-refractivity contribution >= 4 is 18.0 Å². The van der Waals surface area contributed by atoms with Gasteiger partial charge < -0.3 is 24.8 Å². The van der Waals surface area contributed by atoms with Crippen LogP contribution in [0.2, 0.25) is 0 Å². The minimum atomic E-state index is -0.632. The van der Waals surface area contributed by atoms with Gasteiger partial charge in [-0.3, -0.25) is 4.79 Å². The average molecular weight is 423 g/mol. The molecule has 1 aromatic carbocycles. The molecule has 0 fully saturated rings. The maximum Gasteiger partial charge on any atom is 0.408 e. The van der Waals surface area contributed by atoms with Crippen LogP contribution in [0.15, 0.2) is 24.3 Å². The molecular weight excluding hydrogens is 388 g/mol. The first-order chi connectivity index (χ1) is 13.8. The Morgan fingerprint density at radius 2 is 1.60 bits per heavy atom. The highest BCUT2D eigenvalue weighted by Gasteiger charge is 2.27. The fraction of sp³-hybridized carbons (Fsp3) is 0.591. The Morgan fingerprint density at radius 3 is 2.10 bits per heavy atom. The highest BCUT2D eigenvalue weighted by molar-refractivity contribution is 5.82. The molecule has 1 rings (SSSR count). The molecular formula is C22H34N2O6. The van der Waals surface area contributed by atoms with Crippen molar-refractivity contribution in [3.05, 3.63) is 29.8 Å². The zero-order chi connectivity index (χ0) is 22.9. The van der Waals surface area contributed by atoms with Crippen LogP contribution >= 0.6 is 0 Å². The normalized spacial score (nSPS) is 12.5. The highest BCUT2D eigenvalue weighted by Crippen LogP contribution is 2.23. The van der Waals surface area contributed by atoms with Crippen molar-refractivity contribution in [2.75, 3.05) is 20.3 Å². The molecule has 2 N–H and O–H groups in total. The predicted octanol–water partition coefficient (Wildman–Crippen LogP) is 2.84. The first kappa shape index (κ1) is 25.3. The summed E-state index contributed by atoms with van der Waals surface area (Å²) in [5, 5.41) is 5.45. The van der Waals surface area contributed by atoms with E-state index < -0.39 is 17.7 Å². The average Bonchev–Trinajstić information content (AvgIpc) is 2.62. The molecule has 1 atom stereocenters. The smallest absolute Gasteiger partial charge is 0.408 e. The zero-order valence-electron chi connectivity index (χ0n) is 19.0. The predicted molar refractivity (Wildman–Crippen MR) is 113 cm³/mol. The maximum atomic E-state index is 12.3. The first-order valence-corrected chi connectivity index (χ1v) is 9.85. The summed E-state index contributed by atoms with van der Waals surface area (Å²) in [6.45, 7) is 11.1. The van der Waals surface area contributed by atoms with E-state index in [0.717, 1.165) is 5.56 Å². The van der Waals surface area contributed by atoms with E-state index in [1.807, 2.05) is 32.9 Å². The monoisotopic (exact) mass is 422 g/mol. The summed E-state index contributed by atoms with van der Waals surface area (Å²) in [4.78, 5) is 35.2. The van der Waals surface area contributed by atoms with E-state index in [4.69, 9.17) is 9.47 Å². The van der Waals surface area contributed by atoms with Gasteiger partial charge in [0.05, 0.1) is 7.11 Å². The molecule has 0 heterocycles. The van der Waals surface area contributed by atoms with Gasteiger partial charge in [-0.2, -0.15) is 0 Å². The maximum absolute atomic E-state index is 12.3. The molecule has 8 nitrogen and oxygen atoms in total. The lowest BCUT2D eigenvalue weighted by molar-refractivity contribution is -0.142. The van der Waals surface area contributed by atoms with Gasteiger partial charge in [0.2, 0.25) is 5.91 Å². The number of nitrogens with one attached hydrogen (secondary N) is 2. The number of ether oxygens (including phenoxy) is 3. The molecule has 2 amide bonds. The van der Waals surface area contributed by atoms with E-state index in [-0.39, 0.29) is 30.5 Å². The summed E-state index contributed by atoms with van der Waals surface area (Å²) >= 11 is 0. The number of carbonyl (C=O) groups excluding carboxylic acids is 3. The summed E-state index contributed by atoms with van der Waals surface area (Å²) in [6, 6.07) is 7.15. The lowest BCUT2D eigenvalue weighted by Gasteiger charge is -2.32. The Morgan fingerprint density at radius 1 is 1.00 bits per heavy atom. The van der Waals surface area contributed by atoms with Gasteiger partial charge in [0.15, 0.2) is 6.61 Å². The van der Waals surface area contributed by atoms with Crippen molar-refractivity contribution < 1.29 is 28.6 Å². The van der Waals surface area contributed by atoms with Gasteiger partial charge in [0.25, 0.3) is 0 Å². The molecule has 8 heteroatoms. The standard InChI is InChI=1S/C22H34N2O6/c1-21(2,3)17(24-18(25)13-23-20(27)30-22(4,5)6)12-15-8-10-16(11-9-15)29-14-19(26)28-7/h8-11,17H,12-14H2,1-7H3,(H,23,27)(H,24,25)/t17-/m0/s1. The Hall–Kier alpha value is -2.77. The van der Waals surface area contributed by atoms with Crippen molar-refractivity contribution in [1.82, 2.24) is 10.6 Å². The van der Waals surface area contributed by atoms with Gasteiger partial charge in [-0.05, 0) is 50.3 Å². The van der Waals surface area contributed by atoms with Crippen LogP contribution in [0.25, 0.3) is 0 Å². The number of amides is 2. The van der Waals surface area contributed by atoms with Crippen LogP contribution < -0.4 is 15.4 Å². The van der Waals surface area contributed by atoms with Gasteiger partial charge in [-0.25, -0.2) is 9.59 Å².